The standard InChI is InChI=1S/C13H19N3/c14-7-11-5-6-15-8-13(11)16(12-3-4-12)9-10-1-2-10/h5-6,8,10,12H,1-4,7,9,14H2. The molecule has 2 aliphatic carbocycles. The number of pyridine rings is 1. The second-order valence-corrected chi connectivity index (χ2v) is 5.04. The first kappa shape index (κ1) is 10.1. The molecule has 0 radical (unpaired) electrons. The van der Waals surface area contributed by atoms with Gasteiger partial charge in [-0.25, -0.2) is 0 Å². The van der Waals surface area contributed by atoms with Crippen molar-refractivity contribution < 1.29 is 0 Å². The largest absolute Gasteiger partial charge is 0.367 e. The normalized spacial score (nSPS) is 19.8. The summed E-state index contributed by atoms with van der Waals surface area (Å²) in [5.74, 6) is 0.923. The van der Waals surface area contributed by atoms with Gasteiger partial charge in [0.2, 0.25) is 0 Å². The van der Waals surface area contributed by atoms with Crippen LogP contribution < -0.4 is 10.6 Å². The van der Waals surface area contributed by atoms with Gasteiger partial charge in [-0.3, -0.25) is 4.98 Å². The maximum absolute atomic E-state index is 5.80. The average Bonchev–Trinajstić information content (AvgIpc) is 3.16. The van der Waals surface area contributed by atoms with E-state index >= 15 is 0 Å². The van der Waals surface area contributed by atoms with Crippen molar-refractivity contribution in [3.05, 3.63) is 24.0 Å². The van der Waals surface area contributed by atoms with Crippen LogP contribution in [-0.4, -0.2) is 17.6 Å². The molecular formula is C13H19N3. The van der Waals surface area contributed by atoms with Gasteiger partial charge >= 0.3 is 0 Å². The van der Waals surface area contributed by atoms with Crippen LogP contribution in [0.2, 0.25) is 0 Å². The molecule has 3 nitrogen and oxygen atoms in total. The minimum Gasteiger partial charge on any atom is -0.367 e. The number of aromatic nitrogens is 1. The van der Waals surface area contributed by atoms with Crippen molar-refractivity contribution in [3.8, 4) is 0 Å². The van der Waals surface area contributed by atoms with E-state index in [4.69, 9.17) is 5.73 Å². The zero-order valence-corrected chi connectivity index (χ0v) is 9.60. The van der Waals surface area contributed by atoms with Crippen molar-refractivity contribution in [3.63, 3.8) is 0 Å². The molecule has 0 saturated heterocycles. The zero-order valence-electron chi connectivity index (χ0n) is 9.60. The molecule has 2 N–H and O–H groups in total. The van der Waals surface area contributed by atoms with Gasteiger partial charge in [-0.2, -0.15) is 0 Å². The van der Waals surface area contributed by atoms with Gasteiger partial charge in [0, 0.05) is 25.3 Å². The summed E-state index contributed by atoms with van der Waals surface area (Å²) in [6, 6.07) is 2.81. The first-order valence-electron chi connectivity index (χ1n) is 6.28. The quantitative estimate of drug-likeness (QED) is 0.819. The lowest BCUT2D eigenvalue weighted by Crippen LogP contribution is -2.29. The van der Waals surface area contributed by atoms with Crippen LogP contribution in [0.5, 0.6) is 0 Å². The van der Waals surface area contributed by atoms with E-state index < -0.39 is 0 Å². The molecule has 3 rings (SSSR count). The Morgan fingerprint density at radius 1 is 1.31 bits per heavy atom. The van der Waals surface area contributed by atoms with Gasteiger partial charge in [0.05, 0.1) is 11.9 Å². The molecule has 0 aliphatic heterocycles. The Bertz CT molecular complexity index is 369. The molecule has 2 fully saturated rings. The maximum Gasteiger partial charge on any atom is 0.0600 e. The summed E-state index contributed by atoms with van der Waals surface area (Å²) < 4.78 is 0. The van der Waals surface area contributed by atoms with Crippen LogP contribution in [0.3, 0.4) is 0 Å². The number of hydrogen-bond donors (Lipinski definition) is 1. The van der Waals surface area contributed by atoms with Gasteiger partial charge in [-0.15, -0.1) is 0 Å². The van der Waals surface area contributed by atoms with Crippen molar-refractivity contribution in [2.45, 2.75) is 38.3 Å². The molecule has 0 atom stereocenters. The Balaban J connectivity index is 1.84. The second kappa shape index (κ2) is 4.06. The van der Waals surface area contributed by atoms with Crippen molar-refractivity contribution in [2.75, 3.05) is 11.4 Å². The van der Waals surface area contributed by atoms with Gasteiger partial charge in [-0.1, -0.05) is 0 Å². The molecule has 86 valence electrons. The predicted molar refractivity (Wildman–Crippen MR) is 65.2 cm³/mol. The third-order valence-electron chi connectivity index (χ3n) is 3.56. The van der Waals surface area contributed by atoms with E-state index in [1.54, 1.807) is 0 Å². The predicted octanol–water partition coefficient (Wildman–Crippen LogP) is 1.92. The van der Waals surface area contributed by atoms with Crippen LogP contribution in [0.4, 0.5) is 5.69 Å². The summed E-state index contributed by atoms with van der Waals surface area (Å²) in [6.45, 7) is 1.83. The fraction of sp³-hybridized carbons (Fsp3) is 0.615. The van der Waals surface area contributed by atoms with Gasteiger partial charge in [0.15, 0.2) is 0 Å². The molecule has 2 saturated carbocycles. The summed E-state index contributed by atoms with van der Waals surface area (Å²) in [5, 5.41) is 0. The molecular weight excluding hydrogens is 198 g/mol. The summed E-state index contributed by atoms with van der Waals surface area (Å²) >= 11 is 0. The maximum atomic E-state index is 5.80. The van der Waals surface area contributed by atoms with Crippen molar-refractivity contribution in [2.24, 2.45) is 11.7 Å². The Hall–Kier alpha value is -1.09. The minimum atomic E-state index is 0.617. The Kier molecular flexibility index (Phi) is 2.56. The summed E-state index contributed by atoms with van der Waals surface area (Å²) in [4.78, 5) is 6.80. The number of anilines is 1. The molecule has 1 aromatic heterocycles. The molecule has 1 aromatic rings. The minimum absolute atomic E-state index is 0.617. The van der Waals surface area contributed by atoms with E-state index in [0.29, 0.717) is 6.54 Å². The highest BCUT2D eigenvalue weighted by Gasteiger charge is 2.34. The molecule has 2 aliphatic rings. The fourth-order valence-corrected chi connectivity index (χ4v) is 2.26. The third kappa shape index (κ3) is 2.05. The van der Waals surface area contributed by atoms with E-state index in [9.17, 15) is 0 Å². The number of nitrogens with zero attached hydrogens (tertiary/aromatic N) is 2. The van der Waals surface area contributed by atoms with E-state index in [0.717, 1.165) is 12.0 Å². The van der Waals surface area contributed by atoms with Crippen molar-refractivity contribution in [1.82, 2.24) is 4.98 Å². The lowest BCUT2D eigenvalue weighted by Gasteiger charge is -2.26. The third-order valence-corrected chi connectivity index (χ3v) is 3.56. The van der Waals surface area contributed by atoms with Gasteiger partial charge < -0.3 is 10.6 Å². The Morgan fingerprint density at radius 2 is 2.12 bits per heavy atom. The highest BCUT2D eigenvalue weighted by atomic mass is 15.2. The molecule has 0 unspecified atom stereocenters. The lowest BCUT2D eigenvalue weighted by molar-refractivity contribution is 0.713. The molecule has 3 heteroatoms. The van der Waals surface area contributed by atoms with Crippen LogP contribution in [0.15, 0.2) is 18.5 Å². The Morgan fingerprint density at radius 3 is 2.75 bits per heavy atom. The molecule has 0 aromatic carbocycles. The SMILES string of the molecule is NCc1ccncc1N(CC1CC1)C1CC1. The molecule has 1 heterocycles. The summed E-state index contributed by atoms with van der Waals surface area (Å²) in [5.41, 5.74) is 8.32. The van der Waals surface area contributed by atoms with Crippen molar-refractivity contribution in [1.29, 1.82) is 0 Å². The van der Waals surface area contributed by atoms with E-state index in [1.807, 2.05) is 12.4 Å². The smallest absolute Gasteiger partial charge is 0.0600 e. The molecule has 0 amide bonds. The molecule has 16 heavy (non-hydrogen) atoms. The fourth-order valence-electron chi connectivity index (χ4n) is 2.26. The van der Waals surface area contributed by atoms with Crippen LogP contribution in [0, 0.1) is 5.92 Å². The monoisotopic (exact) mass is 217 g/mol. The van der Waals surface area contributed by atoms with Crippen LogP contribution >= 0.6 is 0 Å². The van der Waals surface area contributed by atoms with Gasteiger partial charge in [0.1, 0.15) is 0 Å². The van der Waals surface area contributed by atoms with E-state index in [2.05, 4.69) is 16.0 Å². The first-order chi connectivity index (χ1) is 7.88. The van der Waals surface area contributed by atoms with Gasteiger partial charge in [0.25, 0.3) is 0 Å². The van der Waals surface area contributed by atoms with Gasteiger partial charge in [-0.05, 0) is 43.2 Å². The first-order valence-corrected chi connectivity index (χ1v) is 6.28. The molecule has 0 spiro atoms. The zero-order chi connectivity index (χ0) is 11.0. The number of rotatable bonds is 5. The van der Waals surface area contributed by atoms with E-state index in [1.165, 1.54) is 43.5 Å². The molecule has 0 bridgehead atoms. The van der Waals surface area contributed by atoms with Crippen LogP contribution in [-0.2, 0) is 6.54 Å². The lowest BCUT2D eigenvalue weighted by atomic mass is 10.2. The summed E-state index contributed by atoms with van der Waals surface area (Å²) in [7, 11) is 0. The van der Waals surface area contributed by atoms with Crippen molar-refractivity contribution >= 4 is 5.69 Å². The topological polar surface area (TPSA) is 42.1 Å². The Labute approximate surface area is 96.7 Å². The van der Waals surface area contributed by atoms with Crippen LogP contribution in [0.1, 0.15) is 31.2 Å². The number of hydrogen-bond acceptors (Lipinski definition) is 3. The number of nitrogens with two attached hydrogens (primary N) is 1. The van der Waals surface area contributed by atoms with Crippen LogP contribution in [0.25, 0.3) is 0 Å². The summed E-state index contributed by atoms with van der Waals surface area (Å²) in [6.07, 6.45) is 9.32. The average molecular weight is 217 g/mol. The second-order valence-electron chi connectivity index (χ2n) is 5.04. The highest BCUT2D eigenvalue weighted by Crippen LogP contribution is 2.38. The highest BCUT2D eigenvalue weighted by molar-refractivity contribution is 5.53. The van der Waals surface area contributed by atoms with E-state index in [-0.39, 0.29) is 0 Å².